The monoisotopic (exact) mass is 308 g/mol. The van der Waals surface area contributed by atoms with Crippen LogP contribution in [-0.2, 0) is 16.0 Å². The maximum atomic E-state index is 12.3. The smallest absolute Gasteiger partial charge is 0.330 e. The third-order valence-electron chi connectivity index (χ3n) is 3.71. The van der Waals surface area contributed by atoms with E-state index in [9.17, 15) is 14.7 Å². The van der Waals surface area contributed by atoms with Crippen LogP contribution in [0.4, 0.5) is 0 Å². The van der Waals surface area contributed by atoms with Gasteiger partial charge in [0.25, 0.3) is 0 Å². The average molecular weight is 308 g/mol. The van der Waals surface area contributed by atoms with Crippen LogP contribution < -0.4 is 5.32 Å². The summed E-state index contributed by atoms with van der Waals surface area (Å²) in [6, 6.07) is 15.3. The number of para-hydroxylation sites is 1. The normalized spacial score (nSPS) is 12.0. The summed E-state index contributed by atoms with van der Waals surface area (Å²) in [5.74, 6) is -1.41. The Kier molecular flexibility index (Phi) is 4.10. The van der Waals surface area contributed by atoms with Gasteiger partial charge < -0.3 is 15.4 Å². The van der Waals surface area contributed by atoms with Gasteiger partial charge in [-0.15, -0.1) is 0 Å². The second-order valence-electron chi connectivity index (χ2n) is 5.29. The van der Waals surface area contributed by atoms with Crippen LogP contribution in [-0.4, -0.2) is 22.0 Å². The summed E-state index contributed by atoms with van der Waals surface area (Å²) in [7, 11) is 0. The minimum atomic E-state index is -1.08. The molecule has 1 aromatic heterocycles. The molecule has 0 aliphatic carbocycles. The molecule has 1 atom stereocenters. The molecule has 5 nitrogen and oxygen atoms in total. The fourth-order valence-corrected chi connectivity index (χ4v) is 2.60. The zero-order chi connectivity index (χ0) is 16.2. The summed E-state index contributed by atoms with van der Waals surface area (Å²) in [4.78, 5) is 26.8. The molecule has 0 spiro atoms. The fraction of sp³-hybridized carbons (Fsp3) is 0.111. The highest BCUT2D eigenvalue weighted by atomic mass is 16.4. The van der Waals surface area contributed by atoms with Crippen molar-refractivity contribution in [3.8, 4) is 0 Å². The van der Waals surface area contributed by atoms with E-state index in [0.29, 0.717) is 5.56 Å². The topological polar surface area (TPSA) is 82.2 Å². The van der Waals surface area contributed by atoms with Crippen molar-refractivity contribution in [3.05, 3.63) is 71.9 Å². The van der Waals surface area contributed by atoms with Gasteiger partial charge in [-0.1, -0.05) is 48.5 Å². The Morgan fingerprint density at radius 2 is 1.74 bits per heavy atom. The average Bonchev–Trinajstić information content (AvgIpc) is 2.96. The Labute approximate surface area is 133 Å². The number of aromatic nitrogens is 1. The lowest BCUT2D eigenvalue weighted by molar-refractivity contribution is -0.141. The first-order chi connectivity index (χ1) is 11.1. The van der Waals surface area contributed by atoms with E-state index in [1.165, 1.54) is 0 Å². The first-order valence-electron chi connectivity index (χ1n) is 7.27. The van der Waals surface area contributed by atoms with Crippen LogP contribution in [0.1, 0.15) is 17.2 Å². The third kappa shape index (κ3) is 3.23. The van der Waals surface area contributed by atoms with E-state index in [0.717, 1.165) is 16.5 Å². The molecule has 3 aromatic rings. The van der Waals surface area contributed by atoms with Gasteiger partial charge >= 0.3 is 5.97 Å². The summed E-state index contributed by atoms with van der Waals surface area (Å²) in [5.41, 5.74) is 2.34. The molecule has 2 aromatic carbocycles. The molecular formula is C18H16N2O3. The van der Waals surface area contributed by atoms with Crippen LogP contribution in [0.25, 0.3) is 10.9 Å². The number of rotatable bonds is 5. The van der Waals surface area contributed by atoms with E-state index in [-0.39, 0.29) is 12.3 Å². The van der Waals surface area contributed by atoms with Crippen molar-refractivity contribution in [2.24, 2.45) is 0 Å². The maximum absolute atomic E-state index is 12.3. The van der Waals surface area contributed by atoms with Gasteiger partial charge in [0.05, 0.1) is 6.42 Å². The molecule has 0 radical (unpaired) electrons. The molecule has 0 fully saturated rings. The number of aliphatic carboxylic acids is 1. The van der Waals surface area contributed by atoms with Crippen molar-refractivity contribution in [2.45, 2.75) is 12.5 Å². The Morgan fingerprint density at radius 3 is 2.48 bits per heavy atom. The molecule has 0 unspecified atom stereocenters. The van der Waals surface area contributed by atoms with E-state index >= 15 is 0 Å². The highest BCUT2D eigenvalue weighted by Crippen LogP contribution is 2.19. The number of aromatic amines is 1. The SMILES string of the molecule is O=C(Cc1c[nH]c2ccccc12)N[C@H](C(=O)O)c1ccccc1. The van der Waals surface area contributed by atoms with Gasteiger partial charge in [-0.2, -0.15) is 0 Å². The number of carboxylic acids is 1. The maximum Gasteiger partial charge on any atom is 0.330 e. The molecule has 5 heteroatoms. The number of fused-ring (bicyclic) bond motifs is 1. The van der Waals surface area contributed by atoms with Gasteiger partial charge in [0, 0.05) is 17.1 Å². The third-order valence-corrected chi connectivity index (χ3v) is 3.71. The Bertz CT molecular complexity index is 840. The van der Waals surface area contributed by atoms with Crippen molar-refractivity contribution in [2.75, 3.05) is 0 Å². The van der Waals surface area contributed by atoms with E-state index < -0.39 is 12.0 Å². The molecule has 3 rings (SSSR count). The molecule has 0 bridgehead atoms. The largest absolute Gasteiger partial charge is 0.479 e. The summed E-state index contributed by atoms with van der Waals surface area (Å²) in [5, 5.41) is 12.9. The number of carbonyl (C=O) groups is 2. The van der Waals surface area contributed by atoms with Crippen LogP contribution >= 0.6 is 0 Å². The van der Waals surface area contributed by atoms with E-state index in [2.05, 4.69) is 10.3 Å². The lowest BCUT2D eigenvalue weighted by atomic mass is 10.1. The first-order valence-corrected chi connectivity index (χ1v) is 7.27. The van der Waals surface area contributed by atoms with Gasteiger partial charge in [-0.3, -0.25) is 4.79 Å². The number of hydrogen-bond acceptors (Lipinski definition) is 2. The lowest BCUT2D eigenvalue weighted by Crippen LogP contribution is -2.34. The molecule has 116 valence electrons. The molecule has 1 heterocycles. The molecular weight excluding hydrogens is 292 g/mol. The number of amides is 1. The lowest BCUT2D eigenvalue weighted by Gasteiger charge is -2.14. The van der Waals surface area contributed by atoms with E-state index in [1.807, 2.05) is 24.3 Å². The summed E-state index contributed by atoms with van der Waals surface area (Å²) >= 11 is 0. The quantitative estimate of drug-likeness (QED) is 0.677. The minimum absolute atomic E-state index is 0.126. The predicted octanol–water partition coefficient (Wildman–Crippen LogP) is 2.65. The van der Waals surface area contributed by atoms with E-state index in [1.54, 1.807) is 36.5 Å². The van der Waals surface area contributed by atoms with Crippen molar-refractivity contribution >= 4 is 22.8 Å². The van der Waals surface area contributed by atoms with Crippen molar-refractivity contribution < 1.29 is 14.7 Å². The van der Waals surface area contributed by atoms with Gasteiger partial charge in [0.15, 0.2) is 6.04 Å². The Hall–Kier alpha value is -3.08. The molecule has 1 amide bonds. The molecule has 0 aliphatic rings. The highest BCUT2D eigenvalue weighted by molar-refractivity contribution is 5.90. The number of hydrogen-bond donors (Lipinski definition) is 3. The zero-order valence-corrected chi connectivity index (χ0v) is 12.3. The van der Waals surface area contributed by atoms with Crippen LogP contribution in [0.3, 0.4) is 0 Å². The van der Waals surface area contributed by atoms with E-state index in [4.69, 9.17) is 0 Å². The number of H-pyrrole nitrogens is 1. The van der Waals surface area contributed by atoms with Crippen molar-refractivity contribution in [3.63, 3.8) is 0 Å². The summed E-state index contributed by atoms with van der Waals surface area (Å²) in [6.45, 7) is 0. The Balaban J connectivity index is 1.76. The van der Waals surface area contributed by atoms with Crippen LogP contribution in [0.15, 0.2) is 60.8 Å². The second-order valence-corrected chi connectivity index (χ2v) is 5.29. The predicted molar refractivity (Wildman–Crippen MR) is 87.0 cm³/mol. The standard InChI is InChI=1S/C18H16N2O3/c21-16(10-13-11-19-15-9-5-4-8-14(13)15)20-17(18(22)23)12-6-2-1-3-7-12/h1-9,11,17,19H,10H2,(H,20,21)(H,22,23)/t17-/m0/s1. The zero-order valence-electron chi connectivity index (χ0n) is 12.3. The first kappa shape index (κ1) is 14.8. The van der Waals surface area contributed by atoms with Gasteiger partial charge in [-0.25, -0.2) is 4.79 Å². The molecule has 0 saturated heterocycles. The number of benzene rings is 2. The number of carboxylic acid groups (broad SMARTS) is 1. The van der Waals surface area contributed by atoms with Crippen molar-refractivity contribution in [1.82, 2.24) is 10.3 Å². The molecule has 0 saturated carbocycles. The molecule has 3 N–H and O–H groups in total. The van der Waals surface area contributed by atoms with Crippen LogP contribution in [0.2, 0.25) is 0 Å². The van der Waals surface area contributed by atoms with Gasteiger partial charge in [0.1, 0.15) is 0 Å². The molecule has 0 aliphatic heterocycles. The van der Waals surface area contributed by atoms with Gasteiger partial charge in [-0.05, 0) is 17.2 Å². The Morgan fingerprint density at radius 1 is 1.04 bits per heavy atom. The van der Waals surface area contributed by atoms with Gasteiger partial charge in [0.2, 0.25) is 5.91 Å². The number of carbonyl (C=O) groups excluding carboxylic acids is 1. The fourth-order valence-electron chi connectivity index (χ4n) is 2.60. The summed E-state index contributed by atoms with van der Waals surface area (Å²) in [6.07, 6.45) is 1.91. The minimum Gasteiger partial charge on any atom is -0.479 e. The van der Waals surface area contributed by atoms with Crippen LogP contribution in [0, 0.1) is 0 Å². The molecule has 23 heavy (non-hydrogen) atoms. The second kappa shape index (κ2) is 6.36. The number of nitrogens with one attached hydrogen (secondary N) is 2. The van der Waals surface area contributed by atoms with Crippen molar-refractivity contribution in [1.29, 1.82) is 0 Å². The summed E-state index contributed by atoms with van der Waals surface area (Å²) < 4.78 is 0. The highest BCUT2D eigenvalue weighted by Gasteiger charge is 2.22. The van der Waals surface area contributed by atoms with Crippen LogP contribution in [0.5, 0.6) is 0 Å².